The minimum Gasteiger partial charge on any atom is -0.490 e. The average Bonchev–Trinajstić information content (AvgIpc) is 3.23. The van der Waals surface area contributed by atoms with Crippen LogP contribution in [0.5, 0.6) is 5.75 Å². The first-order valence-electron chi connectivity index (χ1n) is 11.6. The first-order valence-corrected chi connectivity index (χ1v) is 11.9. The Morgan fingerprint density at radius 3 is 2.58 bits per heavy atom. The van der Waals surface area contributed by atoms with Crippen molar-refractivity contribution < 1.29 is 32.5 Å². The number of carbonyl (C=O) groups excluding carboxylic acids is 1. The number of esters is 1. The van der Waals surface area contributed by atoms with Crippen LogP contribution in [0, 0.1) is 0 Å². The maximum absolute atomic E-state index is 13.2. The molecule has 0 aromatic heterocycles. The largest absolute Gasteiger partial charge is 0.490 e. The molecule has 5 nitrogen and oxygen atoms in total. The molecule has 2 aliphatic heterocycles. The minimum atomic E-state index is -4.48. The number of halogens is 5. The lowest BCUT2D eigenvalue weighted by molar-refractivity contribution is -0.137. The molecule has 0 saturated carbocycles. The number of aliphatic hydroxyl groups excluding tert-OH is 1. The molecule has 0 amide bonds. The summed E-state index contributed by atoms with van der Waals surface area (Å²) >= 11 is 5.74. The normalized spacial score (nSPS) is 19.1. The SMILES string of the molecule is Cl.O=C1OCCC1=Cc1ccccc1OC[C@@H](O)CN1CCC(c2ccc(Cl)c(C(F)(F)F)c2)CC1. The quantitative estimate of drug-likeness (QED) is 0.355. The molecule has 2 aromatic rings. The Labute approximate surface area is 219 Å². The van der Waals surface area contributed by atoms with E-state index in [-0.39, 0.29) is 35.9 Å². The summed E-state index contributed by atoms with van der Waals surface area (Å²) in [6.07, 6.45) is -1.52. The summed E-state index contributed by atoms with van der Waals surface area (Å²) in [6, 6.07) is 11.4. The fourth-order valence-corrected chi connectivity index (χ4v) is 4.72. The number of para-hydroxylation sites is 1. The van der Waals surface area contributed by atoms with Gasteiger partial charge in [-0.1, -0.05) is 35.9 Å². The van der Waals surface area contributed by atoms with E-state index in [1.807, 2.05) is 18.2 Å². The maximum Gasteiger partial charge on any atom is 0.417 e. The molecule has 36 heavy (non-hydrogen) atoms. The number of benzene rings is 2. The van der Waals surface area contributed by atoms with E-state index >= 15 is 0 Å². The highest BCUT2D eigenvalue weighted by Crippen LogP contribution is 2.38. The van der Waals surface area contributed by atoms with Crippen molar-refractivity contribution in [1.29, 1.82) is 0 Å². The van der Waals surface area contributed by atoms with E-state index in [4.69, 9.17) is 21.1 Å². The molecule has 1 atom stereocenters. The first kappa shape index (κ1) is 28.3. The molecule has 0 aliphatic carbocycles. The molecule has 2 aromatic carbocycles. The van der Waals surface area contributed by atoms with Crippen molar-refractivity contribution in [2.45, 2.75) is 37.5 Å². The number of cyclic esters (lactones) is 1. The van der Waals surface area contributed by atoms with E-state index in [0.717, 1.165) is 11.6 Å². The van der Waals surface area contributed by atoms with Crippen molar-refractivity contribution in [3.8, 4) is 5.75 Å². The lowest BCUT2D eigenvalue weighted by Crippen LogP contribution is -2.40. The number of aliphatic hydroxyl groups is 1. The van der Waals surface area contributed by atoms with Gasteiger partial charge in [0.15, 0.2) is 0 Å². The molecule has 0 bridgehead atoms. The Hall–Kier alpha value is -2.26. The smallest absolute Gasteiger partial charge is 0.417 e. The van der Waals surface area contributed by atoms with Crippen LogP contribution in [0.2, 0.25) is 5.02 Å². The molecular weight excluding hydrogens is 518 g/mol. The van der Waals surface area contributed by atoms with Gasteiger partial charge in [0.25, 0.3) is 0 Å². The predicted octanol–water partition coefficient (Wildman–Crippen LogP) is 5.73. The van der Waals surface area contributed by atoms with Crippen molar-refractivity contribution in [3.05, 3.63) is 69.8 Å². The molecule has 4 rings (SSSR count). The predicted molar refractivity (Wildman–Crippen MR) is 134 cm³/mol. The molecule has 0 radical (unpaired) electrons. The fourth-order valence-electron chi connectivity index (χ4n) is 4.50. The van der Waals surface area contributed by atoms with Gasteiger partial charge in [0.2, 0.25) is 0 Å². The molecule has 0 spiro atoms. The van der Waals surface area contributed by atoms with Crippen LogP contribution < -0.4 is 4.74 Å². The van der Waals surface area contributed by atoms with Gasteiger partial charge in [-0.25, -0.2) is 4.79 Å². The summed E-state index contributed by atoms with van der Waals surface area (Å²) in [5.41, 5.74) is 1.18. The second kappa shape index (κ2) is 12.3. The molecule has 1 N–H and O–H groups in total. The van der Waals surface area contributed by atoms with Gasteiger partial charge in [-0.15, -0.1) is 12.4 Å². The monoisotopic (exact) mass is 545 g/mol. The Kier molecular flexibility index (Phi) is 9.69. The van der Waals surface area contributed by atoms with Crippen LogP contribution in [0.25, 0.3) is 6.08 Å². The molecular formula is C26H28Cl2F3NO4. The van der Waals surface area contributed by atoms with E-state index < -0.39 is 17.8 Å². The number of hydrogen-bond acceptors (Lipinski definition) is 5. The maximum atomic E-state index is 13.2. The summed E-state index contributed by atoms with van der Waals surface area (Å²) in [5.74, 6) is 0.261. The van der Waals surface area contributed by atoms with Crippen LogP contribution in [0.15, 0.2) is 48.0 Å². The topological polar surface area (TPSA) is 59.0 Å². The van der Waals surface area contributed by atoms with Crippen molar-refractivity contribution in [2.75, 3.05) is 32.8 Å². The molecule has 2 fully saturated rings. The Morgan fingerprint density at radius 1 is 1.19 bits per heavy atom. The third-order valence-electron chi connectivity index (χ3n) is 6.37. The molecule has 2 saturated heterocycles. The minimum absolute atomic E-state index is 0. The highest BCUT2D eigenvalue weighted by molar-refractivity contribution is 6.31. The number of alkyl halides is 3. The number of piperidine rings is 1. The van der Waals surface area contributed by atoms with Crippen molar-refractivity contribution in [1.82, 2.24) is 4.90 Å². The van der Waals surface area contributed by atoms with Crippen LogP contribution >= 0.6 is 24.0 Å². The Bertz CT molecular complexity index is 1090. The molecule has 0 unspecified atom stereocenters. The third kappa shape index (κ3) is 7.16. The second-order valence-corrected chi connectivity index (χ2v) is 9.28. The van der Waals surface area contributed by atoms with E-state index in [1.54, 1.807) is 18.2 Å². The lowest BCUT2D eigenvalue weighted by atomic mass is 9.88. The first-order chi connectivity index (χ1) is 16.7. The number of rotatable bonds is 7. The van der Waals surface area contributed by atoms with Crippen molar-refractivity contribution in [2.24, 2.45) is 0 Å². The molecule has 2 aliphatic rings. The molecule has 196 valence electrons. The fraction of sp³-hybridized carbons (Fsp3) is 0.423. The van der Waals surface area contributed by atoms with Crippen molar-refractivity contribution in [3.63, 3.8) is 0 Å². The number of nitrogens with zero attached hydrogens (tertiary/aromatic N) is 1. The van der Waals surface area contributed by atoms with E-state index in [2.05, 4.69) is 4.90 Å². The third-order valence-corrected chi connectivity index (χ3v) is 6.70. The summed E-state index contributed by atoms with van der Waals surface area (Å²) in [6.45, 7) is 2.19. The lowest BCUT2D eigenvalue weighted by Gasteiger charge is -2.33. The van der Waals surface area contributed by atoms with Crippen LogP contribution in [-0.4, -0.2) is 54.9 Å². The summed E-state index contributed by atoms with van der Waals surface area (Å²) in [7, 11) is 0. The highest BCUT2D eigenvalue weighted by atomic mass is 35.5. The van der Waals surface area contributed by atoms with Gasteiger partial charge in [0.1, 0.15) is 18.5 Å². The van der Waals surface area contributed by atoms with E-state index in [1.165, 1.54) is 6.07 Å². The standard InChI is InChI=1S/C26H27ClF3NO4.ClH/c27-23-6-5-18(14-22(23)26(28,29)30)17-7-10-31(11-8-17)15-21(32)16-35-24-4-2-1-3-19(24)13-20-9-12-34-25(20)33;/h1-6,13-14,17,21,32H,7-12,15-16H2;1H/t21-;/m0./s1. The Balaban J connectivity index is 0.00000361. The van der Waals surface area contributed by atoms with Crippen LogP contribution in [-0.2, 0) is 15.7 Å². The van der Waals surface area contributed by atoms with Gasteiger partial charge in [0.05, 0.1) is 17.2 Å². The second-order valence-electron chi connectivity index (χ2n) is 8.87. The van der Waals surface area contributed by atoms with Gasteiger partial charge in [-0.2, -0.15) is 13.2 Å². The van der Waals surface area contributed by atoms with Gasteiger partial charge < -0.3 is 19.5 Å². The molecule has 10 heteroatoms. The van der Waals surface area contributed by atoms with Crippen molar-refractivity contribution >= 4 is 36.1 Å². The van der Waals surface area contributed by atoms with Crippen LogP contribution in [0.1, 0.15) is 41.9 Å². The number of hydrogen-bond donors (Lipinski definition) is 1. The summed E-state index contributed by atoms with van der Waals surface area (Å²) in [5, 5.41) is 10.2. The number of likely N-dealkylation sites (tertiary alicyclic amines) is 1. The number of carbonyl (C=O) groups is 1. The highest BCUT2D eigenvalue weighted by Gasteiger charge is 2.34. The van der Waals surface area contributed by atoms with E-state index in [0.29, 0.717) is 62.4 Å². The summed E-state index contributed by atoms with van der Waals surface area (Å²) in [4.78, 5) is 13.8. The van der Waals surface area contributed by atoms with Crippen LogP contribution in [0.3, 0.4) is 0 Å². The summed E-state index contributed by atoms with van der Waals surface area (Å²) < 4.78 is 50.4. The zero-order valence-corrected chi connectivity index (χ0v) is 21.0. The zero-order valence-electron chi connectivity index (χ0n) is 19.5. The van der Waals surface area contributed by atoms with Gasteiger partial charge in [-0.05, 0) is 61.7 Å². The number of ether oxygens (including phenoxy) is 2. The zero-order chi connectivity index (χ0) is 25.0. The average molecular weight is 546 g/mol. The van der Waals surface area contributed by atoms with Gasteiger partial charge in [0, 0.05) is 24.1 Å². The van der Waals surface area contributed by atoms with Gasteiger partial charge in [-0.3, -0.25) is 0 Å². The van der Waals surface area contributed by atoms with Crippen LogP contribution in [0.4, 0.5) is 13.2 Å². The van der Waals surface area contributed by atoms with Gasteiger partial charge >= 0.3 is 12.1 Å². The Morgan fingerprint density at radius 2 is 1.92 bits per heavy atom. The number of β-amino-alcohol motifs (C(OH)–C–C–N with tert-alkyl or cyclic N) is 1. The van der Waals surface area contributed by atoms with E-state index in [9.17, 15) is 23.1 Å². The molecule has 2 heterocycles.